The minimum Gasteiger partial charge on any atom is -0.342 e. The Balaban J connectivity index is 1.52. The highest BCUT2D eigenvalue weighted by atomic mass is 16.6. The maximum Gasteiger partial charge on any atom is 0.272 e. The third-order valence-corrected chi connectivity index (χ3v) is 6.19. The van der Waals surface area contributed by atoms with Gasteiger partial charge in [-0.1, -0.05) is 26.8 Å². The summed E-state index contributed by atoms with van der Waals surface area (Å²) >= 11 is 0. The van der Waals surface area contributed by atoms with Gasteiger partial charge in [0, 0.05) is 22.4 Å². The Kier molecular flexibility index (Phi) is 4.53. The summed E-state index contributed by atoms with van der Waals surface area (Å²) in [6, 6.07) is 5.54. The standard InChI is InChI=1S/C23H26N6O2/c1-23(2,3)21(17-7-5-6-8-24-17)26-22(30)19-16-12-14-11-15(14)20(16)29(27-19)18-13-28(31-4)10-9-25-18/h5-10,13-15,21H,11-12H2,1-4H3/p+1. The molecule has 0 aromatic carbocycles. The molecule has 0 aliphatic heterocycles. The van der Waals surface area contributed by atoms with Crippen LogP contribution in [0, 0.1) is 11.3 Å². The van der Waals surface area contributed by atoms with E-state index in [1.54, 1.807) is 36.6 Å². The zero-order valence-corrected chi connectivity index (χ0v) is 18.2. The first-order chi connectivity index (χ1) is 14.9. The second-order valence-electron chi connectivity index (χ2n) is 9.41. The summed E-state index contributed by atoms with van der Waals surface area (Å²) in [6.07, 6.45) is 8.96. The first-order valence-electron chi connectivity index (χ1n) is 10.6. The molecule has 1 N–H and O–H groups in total. The molecule has 0 radical (unpaired) electrons. The summed E-state index contributed by atoms with van der Waals surface area (Å²) < 4.78 is 3.40. The van der Waals surface area contributed by atoms with E-state index in [-0.39, 0.29) is 17.4 Å². The molecule has 3 aromatic heterocycles. The molecule has 31 heavy (non-hydrogen) atoms. The molecule has 160 valence electrons. The number of rotatable bonds is 5. The fourth-order valence-corrected chi connectivity index (χ4v) is 4.54. The van der Waals surface area contributed by atoms with Crippen LogP contribution < -0.4 is 14.9 Å². The average molecular weight is 420 g/mol. The second-order valence-corrected chi connectivity index (χ2v) is 9.41. The first kappa shape index (κ1) is 19.7. The average Bonchev–Trinajstić information content (AvgIpc) is 3.26. The highest BCUT2D eigenvalue weighted by Crippen LogP contribution is 2.57. The fourth-order valence-electron chi connectivity index (χ4n) is 4.54. The Bertz CT molecular complexity index is 1130. The molecule has 3 atom stereocenters. The third-order valence-electron chi connectivity index (χ3n) is 6.19. The van der Waals surface area contributed by atoms with Gasteiger partial charge in [-0.2, -0.15) is 5.10 Å². The predicted molar refractivity (Wildman–Crippen MR) is 113 cm³/mol. The van der Waals surface area contributed by atoms with Crippen molar-refractivity contribution in [2.45, 2.75) is 45.6 Å². The van der Waals surface area contributed by atoms with Crippen LogP contribution in [-0.4, -0.2) is 32.8 Å². The monoisotopic (exact) mass is 419 g/mol. The smallest absolute Gasteiger partial charge is 0.272 e. The van der Waals surface area contributed by atoms with Crippen LogP contribution >= 0.6 is 0 Å². The number of fused-ring (bicyclic) bond motifs is 3. The van der Waals surface area contributed by atoms with Crippen molar-refractivity contribution in [1.29, 1.82) is 0 Å². The summed E-state index contributed by atoms with van der Waals surface area (Å²) in [5, 5.41) is 7.94. The Morgan fingerprint density at radius 2 is 2.13 bits per heavy atom. The van der Waals surface area contributed by atoms with Crippen LogP contribution in [0.15, 0.2) is 43.0 Å². The lowest BCUT2D eigenvalue weighted by Gasteiger charge is -2.30. The zero-order valence-electron chi connectivity index (χ0n) is 18.2. The van der Waals surface area contributed by atoms with E-state index in [4.69, 9.17) is 9.94 Å². The zero-order chi connectivity index (χ0) is 21.8. The van der Waals surface area contributed by atoms with Gasteiger partial charge in [-0.25, -0.2) is 9.67 Å². The Labute approximate surface area is 181 Å². The van der Waals surface area contributed by atoms with Crippen molar-refractivity contribution in [1.82, 2.24) is 25.1 Å². The van der Waals surface area contributed by atoms with Gasteiger partial charge in [0.25, 0.3) is 12.1 Å². The second kappa shape index (κ2) is 7.14. The molecule has 0 bridgehead atoms. The lowest BCUT2D eigenvalue weighted by molar-refractivity contribution is -0.885. The molecular weight excluding hydrogens is 392 g/mol. The van der Waals surface area contributed by atoms with Gasteiger partial charge in [0.05, 0.1) is 23.6 Å². The van der Waals surface area contributed by atoms with E-state index in [0.29, 0.717) is 23.3 Å². The number of nitrogens with zero attached hydrogens (tertiary/aromatic N) is 5. The van der Waals surface area contributed by atoms with E-state index in [9.17, 15) is 4.79 Å². The van der Waals surface area contributed by atoms with Crippen LogP contribution in [0.25, 0.3) is 5.82 Å². The largest absolute Gasteiger partial charge is 0.342 e. The molecule has 8 heteroatoms. The van der Waals surface area contributed by atoms with E-state index in [1.807, 2.05) is 22.9 Å². The van der Waals surface area contributed by atoms with Crippen LogP contribution in [0.4, 0.5) is 0 Å². The van der Waals surface area contributed by atoms with E-state index in [0.717, 1.165) is 29.8 Å². The van der Waals surface area contributed by atoms with Crippen molar-refractivity contribution in [3.05, 3.63) is 65.6 Å². The normalized spacial score (nSPS) is 20.0. The quantitative estimate of drug-likeness (QED) is 0.641. The molecule has 1 fully saturated rings. The predicted octanol–water partition coefficient (Wildman–Crippen LogP) is 2.18. The summed E-state index contributed by atoms with van der Waals surface area (Å²) in [7, 11) is 1.59. The van der Waals surface area contributed by atoms with Gasteiger partial charge in [0.15, 0.2) is 5.69 Å². The van der Waals surface area contributed by atoms with Gasteiger partial charge >= 0.3 is 0 Å². The molecular formula is C23H27N6O2+. The maximum atomic E-state index is 13.5. The number of pyridine rings is 1. The van der Waals surface area contributed by atoms with E-state index in [2.05, 4.69) is 36.1 Å². The Morgan fingerprint density at radius 1 is 1.29 bits per heavy atom. The van der Waals surface area contributed by atoms with Gasteiger partial charge in [-0.3, -0.25) is 14.6 Å². The van der Waals surface area contributed by atoms with Gasteiger partial charge in [-0.05, 0) is 36.3 Å². The first-order valence-corrected chi connectivity index (χ1v) is 10.6. The third kappa shape index (κ3) is 3.45. The van der Waals surface area contributed by atoms with Gasteiger partial charge in [0.1, 0.15) is 7.11 Å². The number of carbonyl (C=O) groups is 1. The minimum atomic E-state index is -0.233. The van der Waals surface area contributed by atoms with E-state index in [1.165, 1.54) is 0 Å². The van der Waals surface area contributed by atoms with Crippen molar-refractivity contribution < 1.29 is 14.4 Å². The van der Waals surface area contributed by atoms with Gasteiger partial charge in [-0.15, -0.1) is 0 Å². The number of nitrogens with one attached hydrogen (secondary N) is 1. The molecule has 3 unspecified atom stereocenters. The summed E-state index contributed by atoms with van der Waals surface area (Å²) in [5.74, 6) is 1.54. The van der Waals surface area contributed by atoms with Gasteiger partial charge in [0.2, 0.25) is 12.0 Å². The summed E-state index contributed by atoms with van der Waals surface area (Å²) in [5.41, 5.74) is 3.28. The molecule has 0 saturated heterocycles. The van der Waals surface area contributed by atoms with Crippen molar-refractivity contribution in [2.24, 2.45) is 11.3 Å². The molecule has 1 amide bonds. The van der Waals surface area contributed by atoms with Crippen LogP contribution in [-0.2, 0) is 6.42 Å². The SMILES string of the molecule is CO[n+]1ccnc(-n2nc(C(=O)NC(c3ccccn3)C(C)(C)C)c3c2C2CC2C3)c1. The highest BCUT2D eigenvalue weighted by molar-refractivity contribution is 5.94. The van der Waals surface area contributed by atoms with Crippen LogP contribution in [0.3, 0.4) is 0 Å². The number of carbonyl (C=O) groups excluding carboxylic acids is 1. The molecule has 3 aromatic rings. The molecule has 2 aliphatic rings. The number of aromatic nitrogens is 5. The van der Waals surface area contributed by atoms with Crippen LogP contribution in [0.5, 0.6) is 0 Å². The van der Waals surface area contributed by atoms with Crippen molar-refractivity contribution in [3.63, 3.8) is 0 Å². The highest BCUT2D eigenvalue weighted by Gasteiger charge is 2.50. The molecule has 5 rings (SSSR count). The minimum absolute atomic E-state index is 0.169. The fraction of sp³-hybridized carbons (Fsp3) is 0.435. The van der Waals surface area contributed by atoms with Crippen molar-refractivity contribution in [2.75, 3.05) is 7.11 Å². The lowest BCUT2D eigenvalue weighted by atomic mass is 9.84. The topological polar surface area (TPSA) is 85.8 Å². The summed E-state index contributed by atoms with van der Waals surface area (Å²) in [6.45, 7) is 6.30. The maximum absolute atomic E-state index is 13.5. The van der Waals surface area contributed by atoms with Crippen LogP contribution in [0.2, 0.25) is 0 Å². The number of hydrogen-bond acceptors (Lipinski definition) is 5. The Hall–Kier alpha value is -3.29. The number of amides is 1. The molecule has 3 heterocycles. The van der Waals surface area contributed by atoms with Crippen LogP contribution in [0.1, 0.15) is 66.6 Å². The van der Waals surface area contributed by atoms with Crippen molar-refractivity contribution in [3.8, 4) is 5.82 Å². The van der Waals surface area contributed by atoms with Crippen molar-refractivity contribution >= 4 is 5.91 Å². The Morgan fingerprint density at radius 3 is 2.84 bits per heavy atom. The lowest BCUT2D eigenvalue weighted by Crippen LogP contribution is -2.40. The van der Waals surface area contributed by atoms with E-state index >= 15 is 0 Å². The number of hydrogen-bond donors (Lipinski definition) is 1. The molecule has 8 nitrogen and oxygen atoms in total. The molecule has 2 aliphatic carbocycles. The molecule has 0 spiro atoms. The summed E-state index contributed by atoms with van der Waals surface area (Å²) in [4.78, 5) is 27.7. The molecule has 1 saturated carbocycles. The van der Waals surface area contributed by atoms with E-state index < -0.39 is 0 Å². The van der Waals surface area contributed by atoms with Gasteiger partial charge < -0.3 is 5.32 Å².